The quantitative estimate of drug-likeness (QED) is 0.580. The summed E-state index contributed by atoms with van der Waals surface area (Å²) in [5.74, 6) is -0.197. The number of aryl methyl sites for hydroxylation is 1. The molecule has 2 heterocycles. The summed E-state index contributed by atoms with van der Waals surface area (Å²) in [6.07, 6.45) is 4.61. The molecule has 4 rings (SSSR count). The Kier molecular flexibility index (Phi) is 6.42. The molecule has 7 nitrogen and oxygen atoms in total. The molecular weight excluding hydrogens is 424 g/mol. The van der Waals surface area contributed by atoms with Crippen LogP contribution in [0, 0.1) is 6.92 Å². The number of rotatable bonds is 6. The largest absolute Gasteiger partial charge is 0.350 e. The van der Waals surface area contributed by atoms with Crippen LogP contribution in [0.4, 0.5) is 4.79 Å². The number of benzene rings is 2. The molecule has 1 N–H and O–H groups in total. The zero-order valence-corrected chi connectivity index (χ0v) is 18.1. The van der Waals surface area contributed by atoms with Gasteiger partial charge in [0, 0.05) is 31.0 Å². The summed E-state index contributed by atoms with van der Waals surface area (Å²) in [5.41, 5.74) is 3.13. The Morgan fingerprint density at radius 2 is 1.72 bits per heavy atom. The van der Waals surface area contributed by atoms with Gasteiger partial charge in [0.2, 0.25) is 0 Å². The van der Waals surface area contributed by atoms with Crippen LogP contribution in [0.5, 0.6) is 0 Å². The smallest absolute Gasteiger partial charge is 0.293 e. The molecule has 2 aromatic carbocycles. The minimum absolute atomic E-state index is 0.0879. The lowest BCUT2D eigenvalue weighted by molar-refractivity contribution is -0.122. The van der Waals surface area contributed by atoms with Crippen LogP contribution in [0.25, 0.3) is 17.5 Å². The summed E-state index contributed by atoms with van der Waals surface area (Å²) in [5, 5.41) is 2.35. The van der Waals surface area contributed by atoms with Crippen molar-refractivity contribution in [1.82, 2.24) is 20.2 Å². The van der Waals surface area contributed by atoms with Crippen molar-refractivity contribution < 1.29 is 14.4 Å². The van der Waals surface area contributed by atoms with Crippen LogP contribution in [-0.4, -0.2) is 45.0 Å². The second-order valence-electron chi connectivity index (χ2n) is 7.16. The number of nitrogens with one attached hydrogen (secondary N) is 1. The summed E-state index contributed by atoms with van der Waals surface area (Å²) in [6.45, 7) is 2.20. The van der Waals surface area contributed by atoms with Crippen LogP contribution in [0.15, 0.2) is 71.9 Å². The Morgan fingerprint density at radius 3 is 2.41 bits per heavy atom. The number of hydrogen-bond acceptors (Lipinski definition) is 6. The molecule has 32 heavy (non-hydrogen) atoms. The summed E-state index contributed by atoms with van der Waals surface area (Å²) in [6, 6.07) is 17.1. The summed E-state index contributed by atoms with van der Waals surface area (Å²) in [7, 11) is 0. The van der Waals surface area contributed by atoms with E-state index in [1.54, 1.807) is 6.08 Å². The third kappa shape index (κ3) is 4.92. The molecule has 3 amide bonds. The van der Waals surface area contributed by atoms with Crippen molar-refractivity contribution in [3.8, 4) is 11.4 Å². The molecule has 0 saturated carbocycles. The highest BCUT2D eigenvalue weighted by molar-refractivity contribution is 8.18. The van der Waals surface area contributed by atoms with Gasteiger partial charge in [0.25, 0.3) is 17.1 Å². The van der Waals surface area contributed by atoms with Crippen molar-refractivity contribution in [2.24, 2.45) is 0 Å². The molecule has 8 heteroatoms. The number of thioether (sulfide) groups is 1. The standard InChI is InChI=1S/C24H20N4O3S/c1-16-7-9-17(10-8-16)13-20-23(30)28(24(31)32-20)12-11-25-22(29)19-14-26-21(27-15-19)18-5-3-2-4-6-18/h2-10,13-15H,11-12H2,1H3,(H,25,29)/b20-13-. The summed E-state index contributed by atoms with van der Waals surface area (Å²) < 4.78 is 0. The fraction of sp³-hybridized carbons (Fsp3) is 0.125. The average molecular weight is 445 g/mol. The second-order valence-corrected chi connectivity index (χ2v) is 8.15. The highest BCUT2D eigenvalue weighted by atomic mass is 32.2. The van der Waals surface area contributed by atoms with Gasteiger partial charge < -0.3 is 5.32 Å². The molecule has 0 bridgehead atoms. The Bertz CT molecular complexity index is 1180. The van der Waals surface area contributed by atoms with Gasteiger partial charge in [0.1, 0.15) is 0 Å². The van der Waals surface area contributed by atoms with Crippen LogP contribution in [0.2, 0.25) is 0 Å². The summed E-state index contributed by atoms with van der Waals surface area (Å²) >= 11 is 0.901. The van der Waals surface area contributed by atoms with Crippen LogP contribution in [-0.2, 0) is 4.79 Å². The minimum atomic E-state index is -0.369. The third-order valence-corrected chi connectivity index (χ3v) is 5.72. The lowest BCUT2D eigenvalue weighted by atomic mass is 10.1. The van der Waals surface area contributed by atoms with Crippen molar-refractivity contribution in [1.29, 1.82) is 0 Å². The number of carbonyl (C=O) groups excluding carboxylic acids is 3. The molecule has 0 unspecified atom stereocenters. The Balaban J connectivity index is 1.33. The van der Waals surface area contributed by atoms with E-state index in [0.29, 0.717) is 16.3 Å². The van der Waals surface area contributed by atoms with Crippen molar-refractivity contribution in [3.63, 3.8) is 0 Å². The second kappa shape index (κ2) is 9.57. The predicted molar refractivity (Wildman–Crippen MR) is 124 cm³/mol. The van der Waals surface area contributed by atoms with Crippen LogP contribution < -0.4 is 5.32 Å². The van der Waals surface area contributed by atoms with E-state index in [1.807, 2.05) is 61.5 Å². The van der Waals surface area contributed by atoms with Crippen molar-refractivity contribution >= 4 is 34.9 Å². The fourth-order valence-corrected chi connectivity index (χ4v) is 3.94. The van der Waals surface area contributed by atoms with E-state index in [9.17, 15) is 14.4 Å². The number of nitrogens with zero attached hydrogens (tertiary/aromatic N) is 3. The zero-order valence-electron chi connectivity index (χ0n) is 17.3. The normalized spacial score (nSPS) is 14.8. The number of carbonyl (C=O) groups is 3. The van der Waals surface area contributed by atoms with Gasteiger partial charge in [0.05, 0.1) is 10.5 Å². The predicted octanol–water partition coefficient (Wildman–Crippen LogP) is 3.92. The first kappa shape index (κ1) is 21.5. The minimum Gasteiger partial charge on any atom is -0.350 e. The van der Waals surface area contributed by atoms with Gasteiger partial charge in [-0.3, -0.25) is 19.3 Å². The molecule has 0 atom stereocenters. The Hall–Kier alpha value is -3.78. The van der Waals surface area contributed by atoms with Crippen molar-refractivity contribution in [2.75, 3.05) is 13.1 Å². The molecule has 3 aromatic rings. The van der Waals surface area contributed by atoms with E-state index in [0.717, 1.165) is 33.4 Å². The van der Waals surface area contributed by atoms with Gasteiger partial charge in [-0.15, -0.1) is 0 Å². The lowest BCUT2D eigenvalue weighted by Crippen LogP contribution is -2.37. The molecular formula is C24H20N4O3S. The number of imide groups is 1. The van der Waals surface area contributed by atoms with Gasteiger partial charge in [-0.2, -0.15) is 0 Å². The highest BCUT2D eigenvalue weighted by Crippen LogP contribution is 2.31. The molecule has 1 aromatic heterocycles. The molecule has 1 fully saturated rings. The van der Waals surface area contributed by atoms with Crippen LogP contribution >= 0.6 is 11.8 Å². The first-order chi connectivity index (χ1) is 15.5. The van der Waals surface area contributed by atoms with E-state index in [4.69, 9.17) is 0 Å². The van der Waals surface area contributed by atoms with E-state index < -0.39 is 0 Å². The molecule has 1 aliphatic heterocycles. The molecule has 0 aliphatic carbocycles. The Morgan fingerprint density at radius 1 is 1.03 bits per heavy atom. The molecule has 0 radical (unpaired) electrons. The van der Waals surface area contributed by atoms with E-state index in [2.05, 4.69) is 15.3 Å². The monoisotopic (exact) mass is 444 g/mol. The maximum absolute atomic E-state index is 12.6. The van der Waals surface area contributed by atoms with E-state index >= 15 is 0 Å². The number of amides is 3. The number of aromatic nitrogens is 2. The fourth-order valence-electron chi connectivity index (χ4n) is 3.07. The third-order valence-electron chi connectivity index (χ3n) is 4.82. The summed E-state index contributed by atoms with van der Waals surface area (Å²) in [4.78, 5) is 47.2. The van der Waals surface area contributed by atoms with Gasteiger partial charge in [-0.05, 0) is 30.3 Å². The van der Waals surface area contributed by atoms with Crippen LogP contribution in [0.3, 0.4) is 0 Å². The first-order valence-electron chi connectivity index (χ1n) is 9.99. The average Bonchev–Trinajstić information content (AvgIpc) is 3.08. The Labute approximate surface area is 189 Å². The van der Waals surface area contributed by atoms with Gasteiger partial charge in [0.15, 0.2) is 5.82 Å². The van der Waals surface area contributed by atoms with Gasteiger partial charge >= 0.3 is 0 Å². The number of hydrogen-bond donors (Lipinski definition) is 1. The van der Waals surface area contributed by atoms with Crippen molar-refractivity contribution in [2.45, 2.75) is 6.92 Å². The maximum Gasteiger partial charge on any atom is 0.293 e. The van der Waals surface area contributed by atoms with Crippen molar-refractivity contribution in [3.05, 3.63) is 88.6 Å². The molecule has 1 aliphatic rings. The van der Waals surface area contributed by atoms with E-state index in [1.165, 1.54) is 12.4 Å². The van der Waals surface area contributed by atoms with E-state index in [-0.39, 0.29) is 30.1 Å². The topological polar surface area (TPSA) is 92.3 Å². The zero-order chi connectivity index (χ0) is 22.5. The first-order valence-corrected chi connectivity index (χ1v) is 10.8. The molecule has 0 spiro atoms. The van der Waals surface area contributed by atoms with Gasteiger partial charge in [-0.1, -0.05) is 60.2 Å². The lowest BCUT2D eigenvalue weighted by Gasteiger charge is -2.13. The van der Waals surface area contributed by atoms with Crippen LogP contribution in [0.1, 0.15) is 21.5 Å². The highest BCUT2D eigenvalue weighted by Gasteiger charge is 2.34. The maximum atomic E-state index is 12.6. The SMILES string of the molecule is Cc1ccc(/C=C2\SC(=O)N(CCNC(=O)c3cnc(-c4ccccc4)nc3)C2=O)cc1. The van der Waals surface area contributed by atoms with Gasteiger partial charge in [-0.25, -0.2) is 9.97 Å². The molecule has 160 valence electrons. The molecule has 1 saturated heterocycles.